The summed E-state index contributed by atoms with van der Waals surface area (Å²) in [5.41, 5.74) is 11.9. The van der Waals surface area contributed by atoms with Crippen LogP contribution in [-0.2, 0) is 19.6 Å². The molecule has 1 aliphatic carbocycles. The summed E-state index contributed by atoms with van der Waals surface area (Å²) in [6.45, 7) is 5.38. The van der Waals surface area contributed by atoms with Crippen molar-refractivity contribution < 1.29 is 32.6 Å². The topological polar surface area (TPSA) is 169 Å². The van der Waals surface area contributed by atoms with Gasteiger partial charge in [0.2, 0.25) is 5.96 Å². The lowest BCUT2D eigenvalue weighted by atomic mass is 9.98. The fraction of sp³-hybridized carbons (Fsp3) is 0.344. The molecule has 4 rings (SSSR count). The number of hydrogen-bond donors (Lipinski definition) is 4. The summed E-state index contributed by atoms with van der Waals surface area (Å²) < 4.78 is 39.1. The first-order valence-corrected chi connectivity index (χ1v) is 15.7. The Hall–Kier alpha value is -4.58. The Morgan fingerprint density at radius 2 is 1.61 bits per heavy atom. The van der Waals surface area contributed by atoms with Gasteiger partial charge in [0.05, 0.1) is 12.0 Å². The number of guanidine groups is 1. The van der Waals surface area contributed by atoms with Crippen molar-refractivity contribution in [1.29, 1.82) is 0 Å². The summed E-state index contributed by atoms with van der Waals surface area (Å²) >= 11 is 0. The third kappa shape index (κ3) is 7.13. The number of alkyl carbamates (subject to hydrolysis) is 1. The van der Waals surface area contributed by atoms with Crippen molar-refractivity contribution >= 4 is 28.0 Å². The van der Waals surface area contributed by atoms with Crippen molar-refractivity contribution in [3.8, 4) is 16.9 Å². The number of carboxylic acid groups (broad SMARTS) is 1. The van der Waals surface area contributed by atoms with E-state index in [-0.39, 0.29) is 36.3 Å². The number of nitrogens with two attached hydrogens (primary N) is 1. The number of ether oxygens (including phenoxy) is 2. The van der Waals surface area contributed by atoms with Crippen LogP contribution in [0.1, 0.15) is 53.0 Å². The van der Waals surface area contributed by atoms with Gasteiger partial charge >= 0.3 is 12.1 Å². The van der Waals surface area contributed by atoms with Gasteiger partial charge < -0.3 is 25.6 Å². The lowest BCUT2D eigenvalue weighted by molar-refractivity contribution is -0.139. The number of unbranched alkanes of at least 4 members (excludes halogenated alkanes) is 1. The molecule has 0 fully saturated rings. The van der Waals surface area contributed by atoms with E-state index in [2.05, 4.69) is 15.0 Å². The molecular weight excluding hydrogens is 584 g/mol. The minimum Gasteiger partial charge on any atom is -0.496 e. The van der Waals surface area contributed by atoms with E-state index in [9.17, 15) is 23.1 Å². The van der Waals surface area contributed by atoms with Gasteiger partial charge in [0.1, 0.15) is 18.4 Å². The fourth-order valence-electron chi connectivity index (χ4n) is 5.57. The van der Waals surface area contributed by atoms with Crippen LogP contribution in [0.15, 0.2) is 64.5 Å². The van der Waals surface area contributed by atoms with Crippen LogP contribution in [0, 0.1) is 20.8 Å². The van der Waals surface area contributed by atoms with Crippen LogP contribution in [0.5, 0.6) is 5.75 Å². The second-order valence-corrected chi connectivity index (χ2v) is 12.3. The van der Waals surface area contributed by atoms with Crippen LogP contribution in [0.25, 0.3) is 11.1 Å². The summed E-state index contributed by atoms with van der Waals surface area (Å²) in [5.74, 6) is -1.01. The summed E-state index contributed by atoms with van der Waals surface area (Å²) in [4.78, 5) is 28.6. The predicted molar refractivity (Wildman–Crippen MR) is 167 cm³/mol. The van der Waals surface area contributed by atoms with Gasteiger partial charge in [-0.05, 0) is 85.0 Å². The van der Waals surface area contributed by atoms with Gasteiger partial charge in [-0.3, -0.25) is 4.99 Å². The second-order valence-electron chi connectivity index (χ2n) is 10.7. The summed E-state index contributed by atoms with van der Waals surface area (Å²) in [5, 5.41) is 12.1. The molecule has 11 nitrogen and oxygen atoms in total. The fourth-order valence-corrected chi connectivity index (χ4v) is 7.05. The van der Waals surface area contributed by atoms with E-state index in [4.69, 9.17) is 15.2 Å². The number of carbonyl (C=O) groups is 2. The first kappa shape index (κ1) is 32.3. The molecule has 44 heavy (non-hydrogen) atoms. The molecule has 0 spiro atoms. The number of aryl methyl sites for hydroxylation is 1. The molecule has 234 valence electrons. The molecule has 0 aliphatic heterocycles. The highest BCUT2D eigenvalue weighted by molar-refractivity contribution is 7.90. The molecule has 1 amide bonds. The van der Waals surface area contributed by atoms with Crippen molar-refractivity contribution in [3.63, 3.8) is 0 Å². The van der Waals surface area contributed by atoms with Crippen LogP contribution >= 0.6 is 0 Å². The number of fused-ring (bicyclic) bond motifs is 3. The number of hydrogen-bond acceptors (Lipinski definition) is 7. The zero-order valence-electron chi connectivity index (χ0n) is 25.2. The van der Waals surface area contributed by atoms with Gasteiger partial charge in [-0.25, -0.2) is 22.7 Å². The zero-order valence-corrected chi connectivity index (χ0v) is 26.0. The molecule has 3 aromatic carbocycles. The van der Waals surface area contributed by atoms with Gasteiger partial charge in [0, 0.05) is 12.5 Å². The predicted octanol–water partition coefficient (Wildman–Crippen LogP) is 4.38. The average molecular weight is 623 g/mol. The molecule has 0 saturated carbocycles. The lowest BCUT2D eigenvalue weighted by Gasteiger charge is -2.17. The summed E-state index contributed by atoms with van der Waals surface area (Å²) in [6, 6.07) is 16.4. The van der Waals surface area contributed by atoms with E-state index in [1.54, 1.807) is 26.8 Å². The Morgan fingerprint density at radius 3 is 2.20 bits per heavy atom. The number of aliphatic carboxylic acids is 1. The Kier molecular flexibility index (Phi) is 10.1. The van der Waals surface area contributed by atoms with Crippen LogP contribution in [0.4, 0.5) is 4.79 Å². The highest BCUT2D eigenvalue weighted by atomic mass is 32.2. The molecule has 5 N–H and O–H groups in total. The zero-order chi connectivity index (χ0) is 32.0. The number of nitrogens with zero attached hydrogens (tertiary/aromatic N) is 1. The number of nitrogens with one attached hydrogen (secondary N) is 2. The van der Waals surface area contributed by atoms with Gasteiger partial charge in [-0.2, -0.15) is 0 Å². The van der Waals surface area contributed by atoms with E-state index in [0.717, 1.165) is 22.3 Å². The van der Waals surface area contributed by atoms with E-state index in [0.29, 0.717) is 35.3 Å². The smallest absolute Gasteiger partial charge is 0.407 e. The normalized spacial score (nSPS) is 13.5. The van der Waals surface area contributed by atoms with Crippen LogP contribution in [-0.4, -0.2) is 57.8 Å². The largest absolute Gasteiger partial charge is 0.496 e. The van der Waals surface area contributed by atoms with E-state index in [1.165, 1.54) is 7.11 Å². The van der Waals surface area contributed by atoms with Gasteiger partial charge in [0.25, 0.3) is 10.0 Å². The highest BCUT2D eigenvalue weighted by Gasteiger charge is 2.30. The molecule has 0 saturated heterocycles. The number of carboxylic acids is 1. The standard InChI is InChI=1S/C32H38N4O7S/c1-19-17-28(42-4)20(2)21(3)29(19)44(40,41)36-31(33)34-16-10-9-15-27(30(37)38)35-32(39)43-18-26-24-13-7-5-11-22(24)23-12-6-8-14-25(23)26/h5-8,11-14,17,26-27H,9-10,15-16,18H2,1-4H3,(H,35,39)(H,37,38)(H3,33,34,36). The van der Waals surface area contributed by atoms with E-state index >= 15 is 0 Å². The van der Waals surface area contributed by atoms with Gasteiger partial charge in [-0.1, -0.05) is 48.5 Å². The molecule has 0 bridgehead atoms. The Morgan fingerprint density at radius 1 is 1.00 bits per heavy atom. The molecule has 1 unspecified atom stereocenters. The van der Waals surface area contributed by atoms with Crippen molar-refractivity contribution in [2.75, 3.05) is 20.3 Å². The maximum atomic E-state index is 13.0. The number of aliphatic imine (C=N–C) groups is 1. The third-order valence-electron chi connectivity index (χ3n) is 7.82. The molecule has 12 heteroatoms. The Bertz CT molecular complexity index is 1640. The summed E-state index contributed by atoms with van der Waals surface area (Å²) in [6.07, 6.45) is 0.123. The molecule has 3 aromatic rings. The number of carbonyl (C=O) groups excluding carboxylic acids is 1. The molecule has 1 aliphatic rings. The number of amides is 1. The highest BCUT2D eigenvalue weighted by Crippen LogP contribution is 2.44. The molecule has 0 aromatic heterocycles. The number of rotatable bonds is 12. The average Bonchev–Trinajstić information content (AvgIpc) is 3.30. The molecule has 1 atom stereocenters. The van der Waals surface area contributed by atoms with Crippen molar-refractivity contribution in [2.24, 2.45) is 10.7 Å². The van der Waals surface area contributed by atoms with E-state index in [1.807, 2.05) is 48.5 Å². The molecular formula is C32H38N4O7S. The molecule has 0 heterocycles. The lowest BCUT2D eigenvalue weighted by Crippen LogP contribution is -2.41. The number of sulfonamides is 1. The number of benzene rings is 3. The van der Waals surface area contributed by atoms with Crippen LogP contribution in [0.3, 0.4) is 0 Å². The van der Waals surface area contributed by atoms with Crippen molar-refractivity contribution in [2.45, 2.75) is 56.9 Å². The maximum Gasteiger partial charge on any atom is 0.407 e. The first-order valence-electron chi connectivity index (χ1n) is 14.3. The number of methoxy groups -OCH3 is 1. The first-order chi connectivity index (χ1) is 20.9. The monoisotopic (exact) mass is 622 g/mol. The minimum absolute atomic E-state index is 0.0746. The van der Waals surface area contributed by atoms with Crippen LogP contribution < -0.4 is 20.5 Å². The second kappa shape index (κ2) is 13.8. The quantitative estimate of drug-likeness (QED) is 0.131. The Balaban J connectivity index is 1.26. The SMILES string of the molecule is COc1cc(C)c(S(=O)(=O)NC(N)=NCCCCC(NC(=O)OCC2c3ccccc3-c3ccccc32)C(=O)O)c(C)c1C. The molecule has 0 radical (unpaired) electrons. The van der Waals surface area contributed by atoms with Crippen LogP contribution in [0.2, 0.25) is 0 Å². The maximum absolute atomic E-state index is 13.0. The third-order valence-corrected chi connectivity index (χ3v) is 9.47. The van der Waals surface area contributed by atoms with Gasteiger partial charge in [-0.15, -0.1) is 0 Å². The minimum atomic E-state index is -3.99. The van der Waals surface area contributed by atoms with Crippen molar-refractivity contribution in [3.05, 3.63) is 82.4 Å². The van der Waals surface area contributed by atoms with E-state index < -0.39 is 28.1 Å². The van der Waals surface area contributed by atoms with Gasteiger partial charge in [0.15, 0.2) is 0 Å². The Labute approximate surface area is 257 Å². The van der Waals surface area contributed by atoms with Crippen molar-refractivity contribution in [1.82, 2.24) is 10.0 Å². The summed E-state index contributed by atoms with van der Waals surface area (Å²) in [7, 11) is -2.47.